The van der Waals surface area contributed by atoms with Gasteiger partial charge in [-0.15, -0.1) is 0 Å². The molecule has 23 heavy (non-hydrogen) atoms. The number of aryl methyl sites for hydroxylation is 1. The van der Waals surface area contributed by atoms with E-state index in [4.69, 9.17) is 4.98 Å². The summed E-state index contributed by atoms with van der Waals surface area (Å²) in [6, 6.07) is 21.1. The van der Waals surface area contributed by atoms with Gasteiger partial charge in [-0.1, -0.05) is 48.5 Å². The number of benzene rings is 3. The molecular weight excluding hydrogens is 282 g/mol. The van der Waals surface area contributed by atoms with Crippen LogP contribution in [-0.2, 0) is 7.05 Å². The first-order chi connectivity index (χ1) is 11.3. The average Bonchev–Trinajstić information content (AvgIpc) is 3.21. The summed E-state index contributed by atoms with van der Waals surface area (Å²) in [6.45, 7) is 0. The number of H-pyrrole nitrogens is 1. The van der Waals surface area contributed by atoms with Crippen molar-refractivity contribution < 1.29 is 0 Å². The number of nitrogens with zero attached hydrogens (tertiary/aromatic N) is 2. The van der Waals surface area contributed by atoms with Crippen LogP contribution in [0.1, 0.15) is 0 Å². The van der Waals surface area contributed by atoms with Crippen LogP contribution in [0.4, 0.5) is 0 Å². The molecule has 0 bridgehead atoms. The third kappa shape index (κ3) is 1.67. The number of hydrogen-bond acceptors (Lipinski definition) is 1. The first kappa shape index (κ1) is 12.5. The molecule has 0 aliphatic rings. The fraction of sp³-hybridized carbons (Fsp3) is 0.0500. The maximum Gasteiger partial charge on any atom is 0.155 e. The van der Waals surface area contributed by atoms with Gasteiger partial charge in [-0.05, 0) is 22.9 Å². The Morgan fingerprint density at radius 1 is 0.783 bits per heavy atom. The topological polar surface area (TPSA) is 33.6 Å². The van der Waals surface area contributed by atoms with Crippen molar-refractivity contribution in [3.63, 3.8) is 0 Å². The van der Waals surface area contributed by atoms with Crippen LogP contribution in [0, 0.1) is 0 Å². The third-order valence-electron chi connectivity index (χ3n) is 4.56. The highest BCUT2D eigenvalue weighted by Crippen LogP contribution is 2.34. The van der Waals surface area contributed by atoms with Crippen LogP contribution in [0.2, 0.25) is 0 Å². The standard InChI is InChI=1S/C20H15N3/c1-23-12-6-11-17(23)20-21-18-15-9-4-2-7-13(15)14-8-3-5-10-16(14)19(18)22-20/h2-12H,1H3,(H,21,22). The summed E-state index contributed by atoms with van der Waals surface area (Å²) in [6.07, 6.45) is 2.04. The van der Waals surface area contributed by atoms with Gasteiger partial charge in [-0.2, -0.15) is 0 Å². The van der Waals surface area contributed by atoms with Gasteiger partial charge in [0, 0.05) is 24.0 Å². The zero-order chi connectivity index (χ0) is 15.4. The Morgan fingerprint density at radius 3 is 2.13 bits per heavy atom. The minimum atomic E-state index is 0.911. The average molecular weight is 297 g/mol. The van der Waals surface area contributed by atoms with Gasteiger partial charge in [0.1, 0.15) is 0 Å². The Bertz CT molecular complexity index is 1100. The number of nitrogens with one attached hydrogen (secondary N) is 1. The second-order valence-electron chi connectivity index (χ2n) is 5.90. The molecule has 3 heteroatoms. The molecule has 110 valence electrons. The van der Waals surface area contributed by atoms with Gasteiger partial charge in [0.2, 0.25) is 0 Å². The summed E-state index contributed by atoms with van der Waals surface area (Å²) in [5.74, 6) is 0.911. The molecule has 0 unspecified atom stereocenters. The molecule has 0 aliphatic heterocycles. The number of rotatable bonds is 1. The van der Waals surface area contributed by atoms with E-state index in [9.17, 15) is 0 Å². The van der Waals surface area contributed by atoms with E-state index in [-0.39, 0.29) is 0 Å². The Morgan fingerprint density at radius 2 is 1.43 bits per heavy atom. The van der Waals surface area contributed by atoms with E-state index >= 15 is 0 Å². The fourth-order valence-electron chi connectivity index (χ4n) is 3.45. The van der Waals surface area contributed by atoms with Gasteiger partial charge in [0.25, 0.3) is 0 Å². The van der Waals surface area contributed by atoms with Gasteiger partial charge in [0.15, 0.2) is 5.82 Å². The molecule has 0 saturated carbocycles. The Kier molecular flexibility index (Phi) is 2.42. The molecular formula is C20H15N3. The van der Waals surface area contributed by atoms with Crippen LogP contribution in [-0.4, -0.2) is 14.5 Å². The predicted octanol–water partition coefficient (Wildman–Crippen LogP) is 4.87. The van der Waals surface area contributed by atoms with Gasteiger partial charge >= 0.3 is 0 Å². The van der Waals surface area contributed by atoms with E-state index in [1.54, 1.807) is 0 Å². The van der Waals surface area contributed by atoms with Crippen LogP contribution in [0.15, 0.2) is 66.9 Å². The van der Waals surface area contributed by atoms with Crippen LogP contribution >= 0.6 is 0 Å². The Labute approximate surface area is 133 Å². The molecule has 1 N–H and O–H groups in total. The molecule has 0 saturated heterocycles. The van der Waals surface area contributed by atoms with Crippen molar-refractivity contribution in [2.75, 3.05) is 0 Å². The van der Waals surface area contributed by atoms with E-state index < -0.39 is 0 Å². The number of aromatic amines is 1. The molecule has 5 rings (SSSR count). The zero-order valence-electron chi connectivity index (χ0n) is 12.7. The molecule has 5 aromatic rings. The predicted molar refractivity (Wildman–Crippen MR) is 95.5 cm³/mol. The quantitative estimate of drug-likeness (QED) is 0.440. The molecule has 2 aromatic heterocycles. The van der Waals surface area contributed by atoms with Crippen molar-refractivity contribution in [3.05, 3.63) is 66.9 Å². The lowest BCUT2D eigenvalue weighted by Crippen LogP contribution is -1.90. The van der Waals surface area contributed by atoms with Crippen molar-refractivity contribution in [3.8, 4) is 11.5 Å². The molecule has 3 nitrogen and oxygen atoms in total. The summed E-state index contributed by atoms with van der Waals surface area (Å²) in [4.78, 5) is 8.46. The van der Waals surface area contributed by atoms with Crippen LogP contribution < -0.4 is 0 Å². The Balaban J connectivity index is 2.01. The minimum absolute atomic E-state index is 0.911. The van der Waals surface area contributed by atoms with Crippen molar-refractivity contribution in [2.45, 2.75) is 0 Å². The van der Waals surface area contributed by atoms with Gasteiger partial charge in [0.05, 0.1) is 16.7 Å². The second kappa shape index (κ2) is 4.46. The molecule has 0 radical (unpaired) electrons. The van der Waals surface area contributed by atoms with E-state index in [0.717, 1.165) is 22.6 Å². The highest BCUT2D eigenvalue weighted by Gasteiger charge is 2.14. The van der Waals surface area contributed by atoms with Gasteiger partial charge in [-0.25, -0.2) is 4.98 Å². The first-order valence-corrected chi connectivity index (χ1v) is 7.74. The van der Waals surface area contributed by atoms with Crippen molar-refractivity contribution in [1.82, 2.24) is 14.5 Å². The molecule has 0 fully saturated rings. The van der Waals surface area contributed by atoms with Crippen molar-refractivity contribution >= 4 is 32.6 Å². The molecule has 2 heterocycles. The molecule has 3 aromatic carbocycles. The highest BCUT2D eigenvalue weighted by atomic mass is 15.0. The molecule has 0 aliphatic carbocycles. The van der Waals surface area contributed by atoms with Crippen LogP contribution in [0.25, 0.3) is 44.1 Å². The molecule has 0 spiro atoms. The van der Waals surface area contributed by atoms with E-state index in [1.165, 1.54) is 21.5 Å². The monoisotopic (exact) mass is 297 g/mol. The smallest absolute Gasteiger partial charge is 0.155 e. The number of aromatic nitrogens is 3. The largest absolute Gasteiger partial charge is 0.348 e. The lowest BCUT2D eigenvalue weighted by Gasteiger charge is -2.05. The zero-order valence-corrected chi connectivity index (χ0v) is 12.7. The van der Waals surface area contributed by atoms with Crippen LogP contribution in [0.5, 0.6) is 0 Å². The van der Waals surface area contributed by atoms with E-state index in [0.29, 0.717) is 0 Å². The number of hydrogen-bond donors (Lipinski definition) is 1. The summed E-state index contributed by atoms with van der Waals surface area (Å²) in [5.41, 5.74) is 3.24. The first-order valence-electron chi connectivity index (χ1n) is 7.74. The number of fused-ring (bicyclic) bond motifs is 6. The lowest BCUT2D eigenvalue weighted by atomic mass is 10.0. The molecule has 0 amide bonds. The summed E-state index contributed by atoms with van der Waals surface area (Å²) < 4.78 is 2.09. The van der Waals surface area contributed by atoms with Crippen LogP contribution in [0.3, 0.4) is 0 Å². The van der Waals surface area contributed by atoms with Gasteiger partial charge < -0.3 is 9.55 Å². The van der Waals surface area contributed by atoms with Crippen molar-refractivity contribution in [2.24, 2.45) is 7.05 Å². The van der Waals surface area contributed by atoms with Crippen molar-refractivity contribution in [1.29, 1.82) is 0 Å². The maximum atomic E-state index is 4.92. The third-order valence-corrected chi connectivity index (χ3v) is 4.56. The maximum absolute atomic E-state index is 4.92. The van der Waals surface area contributed by atoms with E-state index in [1.807, 2.05) is 19.3 Å². The summed E-state index contributed by atoms with van der Waals surface area (Å²) in [5, 5.41) is 4.92. The summed E-state index contributed by atoms with van der Waals surface area (Å²) >= 11 is 0. The highest BCUT2D eigenvalue weighted by molar-refractivity contribution is 6.23. The minimum Gasteiger partial charge on any atom is -0.348 e. The normalized spacial score (nSPS) is 11.7. The number of imidazole rings is 1. The fourth-order valence-corrected chi connectivity index (χ4v) is 3.45. The SMILES string of the molecule is Cn1cccc1-c1nc2c3ccccc3c3ccccc3c2[nH]1. The van der Waals surface area contributed by atoms with Gasteiger partial charge in [-0.3, -0.25) is 0 Å². The lowest BCUT2D eigenvalue weighted by molar-refractivity contribution is 0.927. The molecule has 0 atom stereocenters. The summed E-state index contributed by atoms with van der Waals surface area (Å²) in [7, 11) is 2.04. The van der Waals surface area contributed by atoms with E-state index in [2.05, 4.69) is 64.1 Å². The second-order valence-corrected chi connectivity index (χ2v) is 5.90. The Hall–Kier alpha value is -3.07.